The van der Waals surface area contributed by atoms with Crippen LogP contribution in [0.3, 0.4) is 0 Å². The van der Waals surface area contributed by atoms with Crippen molar-refractivity contribution in [1.29, 1.82) is 5.41 Å². The summed E-state index contributed by atoms with van der Waals surface area (Å²) in [6.07, 6.45) is 2.72. The van der Waals surface area contributed by atoms with Gasteiger partial charge in [0.05, 0.1) is 5.71 Å². The van der Waals surface area contributed by atoms with Crippen molar-refractivity contribution in [3.05, 3.63) is 11.1 Å². The zero-order valence-electron chi connectivity index (χ0n) is 24.8. The number of rotatable bonds is 8. The fourth-order valence-corrected chi connectivity index (χ4v) is 7.18. The highest BCUT2D eigenvalue weighted by Crippen LogP contribution is 2.56. The molecule has 6 unspecified atom stereocenters. The minimum absolute atomic E-state index is 0.0428. The average molecular weight is 612 g/mol. The lowest BCUT2D eigenvalue weighted by Gasteiger charge is -2.37. The van der Waals surface area contributed by atoms with Crippen molar-refractivity contribution in [2.45, 2.75) is 92.3 Å². The van der Waals surface area contributed by atoms with Crippen LogP contribution < -0.4 is 15.4 Å². The number of thiol groups is 1. The Labute approximate surface area is 252 Å². The molecule has 4 N–H and O–H groups in total. The predicted molar refractivity (Wildman–Crippen MR) is 166 cm³/mol. The number of nitrogens with one attached hydrogen (secondary N) is 4. The van der Waals surface area contributed by atoms with Crippen LogP contribution in [0.5, 0.6) is 0 Å². The van der Waals surface area contributed by atoms with E-state index in [9.17, 15) is 19.2 Å². The van der Waals surface area contributed by atoms with Crippen molar-refractivity contribution >= 4 is 63.1 Å². The number of hydrogen-bond donors (Lipinski definition) is 5. The maximum Gasteiger partial charge on any atom is 0.315 e. The maximum absolute atomic E-state index is 13.9. The van der Waals surface area contributed by atoms with E-state index < -0.39 is 40.1 Å². The molecule has 224 valence electrons. The Bertz CT molecular complexity index is 1080. The van der Waals surface area contributed by atoms with Gasteiger partial charge in [0.25, 0.3) is 11.0 Å². The van der Waals surface area contributed by atoms with Crippen molar-refractivity contribution in [1.82, 2.24) is 20.3 Å². The number of likely N-dealkylation sites (tertiary alicyclic amines) is 1. The number of fused-ring (bicyclic) bond motifs is 1. The zero-order chi connectivity index (χ0) is 30.2. The Morgan fingerprint density at radius 1 is 1.10 bits per heavy atom. The summed E-state index contributed by atoms with van der Waals surface area (Å²) in [6, 6.07) is -2.08. The second kappa shape index (κ2) is 12.7. The fraction of sp³-hybridized carbons (Fsp3) is 0.750. The van der Waals surface area contributed by atoms with Gasteiger partial charge in [-0.3, -0.25) is 19.1 Å². The van der Waals surface area contributed by atoms with Gasteiger partial charge < -0.3 is 20.9 Å². The molecule has 3 rings (SSSR count). The molecule has 1 saturated heterocycles. The van der Waals surface area contributed by atoms with Gasteiger partial charge in [-0.2, -0.15) is 0 Å². The summed E-state index contributed by atoms with van der Waals surface area (Å²) in [6.45, 7) is 15.6. The molecule has 2 saturated carbocycles. The molecule has 40 heavy (non-hydrogen) atoms. The minimum Gasteiger partial charge on any atom is -0.334 e. The van der Waals surface area contributed by atoms with Crippen molar-refractivity contribution < 1.29 is 19.2 Å². The molecule has 4 amide bonds. The van der Waals surface area contributed by atoms with Crippen molar-refractivity contribution in [2.75, 3.05) is 12.3 Å². The Morgan fingerprint density at radius 3 is 2.25 bits per heavy atom. The molecule has 12 heteroatoms. The molecule has 3 fully saturated rings. The predicted octanol–water partition coefficient (Wildman–Crippen LogP) is 4.60. The third kappa shape index (κ3) is 7.59. The average Bonchev–Trinajstić information content (AvgIpc) is 3.38. The first-order valence-electron chi connectivity index (χ1n) is 13.9. The van der Waals surface area contributed by atoms with Gasteiger partial charge in [0.1, 0.15) is 12.1 Å². The lowest BCUT2D eigenvalue weighted by atomic mass is 9.70. The Morgan fingerprint density at radius 2 is 1.75 bits per heavy atom. The van der Waals surface area contributed by atoms with Crippen molar-refractivity contribution in [3.8, 4) is 0 Å². The van der Waals surface area contributed by atoms with Crippen molar-refractivity contribution in [3.63, 3.8) is 0 Å². The van der Waals surface area contributed by atoms with E-state index >= 15 is 0 Å². The summed E-state index contributed by atoms with van der Waals surface area (Å²) in [5.41, 5.74) is 1.27. The number of allylic oxidation sites excluding steroid dienone is 1. The van der Waals surface area contributed by atoms with Crippen LogP contribution in [0.1, 0.15) is 74.7 Å². The lowest BCUT2D eigenvalue weighted by Crippen LogP contribution is -2.61. The Hall–Kier alpha value is -1.66. The molecule has 0 spiro atoms. The molecule has 6 atom stereocenters. The summed E-state index contributed by atoms with van der Waals surface area (Å²) in [5, 5.41) is 13.6. The van der Waals surface area contributed by atoms with E-state index in [4.69, 9.17) is 5.41 Å². The number of carbonyl (C=O) groups excluding carboxylic acids is 4. The van der Waals surface area contributed by atoms with Crippen molar-refractivity contribution in [2.24, 2.45) is 29.1 Å². The third-order valence-corrected chi connectivity index (χ3v) is 9.67. The van der Waals surface area contributed by atoms with Gasteiger partial charge in [-0.25, -0.2) is 4.79 Å². The van der Waals surface area contributed by atoms with Crippen LogP contribution >= 0.6 is 34.4 Å². The monoisotopic (exact) mass is 611 g/mol. The highest BCUT2D eigenvalue weighted by Gasteiger charge is 2.62. The lowest BCUT2D eigenvalue weighted by molar-refractivity contribution is -0.142. The summed E-state index contributed by atoms with van der Waals surface area (Å²) >= 11 is 4.82. The molecule has 9 nitrogen and oxygen atoms in total. The van der Waals surface area contributed by atoms with Crippen LogP contribution in [0.2, 0.25) is 0 Å². The summed E-state index contributed by atoms with van der Waals surface area (Å²) in [7, 11) is 1.46. The first-order chi connectivity index (χ1) is 18.5. The molecule has 0 bridgehead atoms. The SMILES string of the molecule is CC(C)=C1C2CN(C(=O)C(NC(=O)NC(C)(C)C)C(C)(C)C)C(C(=O)NSC(=O)C(=N)C3CCC3CCSS)C12. The number of carbonyl (C=O) groups is 4. The van der Waals surface area contributed by atoms with Crippen LogP contribution in [0.15, 0.2) is 11.1 Å². The second-order valence-corrected chi connectivity index (χ2v) is 15.7. The molecule has 0 radical (unpaired) electrons. The number of piperidine rings is 1. The number of amides is 4. The second-order valence-electron chi connectivity index (χ2n) is 13.5. The van der Waals surface area contributed by atoms with Gasteiger partial charge in [-0.15, -0.1) is 11.7 Å². The molecule has 0 aromatic carbocycles. The van der Waals surface area contributed by atoms with Crippen LogP contribution in [0.4, 0.5) is 4.79 Å². The minimum atomic E-state index is -0.855. The topological polar surface area (TPSA) is 131 Å². The molecule has 1 heterocycles. The van der Waals surface area contributed by atoms with Crippen LogP contribution in [0, 0.1) is 34.5 Å². The molecular formula is C28H45N5O4S3. The maximum atomic E-state index is 13.9. The molecular weight excluding hydrogens is 567 g/mol. The van der Waals surface area contributed by atoms with Crippen LogP contribution in [-0.4, -0.2) is 63.5 Å². The Balaban J connectivity index is 1.72. The molecule has 1 aliphatic heterocycles. The van der Waals surface area contributed by atoms with Gasteiger partial charge >= 0.3 is 6.03 Å². The third-order valence-electron chi connectivity index (χ3n) is 7.99. The van der Waals surface area contributed by atoms with Gasteiger partial charge in [0.2, 0.25) is 5.91 Å². The van der Waals surface area contributed by atoms with Gasteiger partial charge in [-0.05, 0) is 65.2 Å². The van der Waals surface area contributed by atoms with E-state index in [1.54, 1.807) is 4.90 Å². The van der Waals surface area contributed by atoms with E-state index in [-0.39, 0.29) is 29.4 Å². The van der Waals surface area contributed by atoms with E-state index in [1.807, 2.05) is 55.4 Å². The smallest absolute Gasteiger partial charge is 0.315 e. The van der Waals surface area contributed by atoms with Crippen LogP contribution in [-0.2, 0) is 14.4 Å². The number of nitrogens with zero attached hydrogens (tertiary/aromatic N) is 1. The van der Waals surface area contributed by atoms with E-state index in [1.165, 1.54) is 16.4 Å². The highest BCUT2D eigenvalue weighted by atomic mass is 33.1. The first-order valence-corrected chi connectivity index (χ1v) is 16.8. The quantitative estimate of drug-likeness (QED) is 0.0897. The summed E-state index contributed by atoms with van der Waals surface area (Å²) < 4.78 is 2.67. The summed E-state index contributed by atoms with van der Waals surface area (Å²) in [4.78, 5) is 54.6. The molecule has 0 aromatic heterocycles. The number of hydrogen-bond acceptors (Lipinski definition) is 8. The number of urea groups is 1. The van der Waals surface area contributed by atoms with E-state index in [0.29, 0.717) is 24.4 Å². The summed E-state index contributed by atoms with van der Waals surface area (Å²) in [5.74, 6) is 0.340. The molecule has 0 aromatic rings. The van der Waals surface area contributed by atoms with E-state index in [0.717, 1.165) is 30.6 Å². The van der Waals surface area contributed by atoms with Gasteiger partial charge in [0.15, 0.2) is 0 Å². The Kier molecular flexibility index (Phi) is 10.4. The zero-order valence-corrected chi connectivity index (χ0v) is 27.4. The standard InChI is InChI=1S/C28H45N5O4S3/c1-14(2)18-17-13-33(24(35)22(27(3,4)5)30-26(37)31-28(6,7)8)21(19(17)18)23(34)32-40-25(36)20(29)16-10-9-15(16)11-12-39-38/h15-17,19,21-22,29,38H,9-13H2,1-8H3,(H,32,34)(H2,30,31,37). The van der Waals surface area contributed by atoms with Crippen LogP contribution in [0.25, 0.3) is 0 Å². The largest absolute Gasteiger partial charge is 0.334 e. The fourth-order valence-electron chi connectivity index (χ4n) is 5.88. The first kappa shape index (κ1) is 32.8. The normalized spacial score (nSPS) is 26.3. The van der Waals surface area contributed by atoms with Gasteiger partial charge in [-0.1, -0.05) is 42.7 Å². The highest BCUT2D eigenvalue weighted by molar-refractivity contribution is 8.68. The van der Waals surface area contributed by atoms with Gasteiger partial charge in [0, 0.05) is 47.5 Å². The molecule has 2 aliphatic carbocycles. The molecule has 3 aliphatic rings. The van der Waals surface area contributed by atoms with E-state index in [2.05, 4.69) is 27.0 Å².